The van der Waals surface area contributed by atoms with Crippen LogP contribution in [0, 0.1) is 23.7 Å². The Morgan fingerprint density at radius 3 is 2.04 bits per heavy atom. The van der Waals surface area contributed by atoms with Gasteiger partial charge in [-0.2, -0.15) is 0 Å². The second-order valence-electron chi connectivity index (χ2n) is 6.44. The number of hydrogen-bond acceptors (Lipinski definition) is 3. The van der Waals surface area contributed by atoms with Crippen molar-refractivity contribution in [3.63, 3.8) is 0 Å². The summed E-state index contributed by atoms with van der Waals surface area (Å²) < 4.78 is 5.42. The van der Waals surface area contributed by atoms with Gasteiger partial charge in [0.1, 0.15) is 5.75 Å². The molecule has 122 valence electrons. The molecule has 0 radical (unpaired) electrons. The van der Waals surface area contributed by atoms with Gasteiger partial charge in [-0.3, -0.25) is 14.5 Å². The molecule has 1 aliphatic heterocycles. The molecule has 3 fully saturated rings. The van der Waals surface area contributed by atoms with E-state index in [0.717, 1.165) is 12.2 Å². The molecule has 1 aromatic rings. The Hall–Kier alpha value is -0.880. The van der Waals surface area contributed by atoms with Crippen molar-refractivity contribution in [2.24, 2.45) is 23.7 Å². The number of ether oxygens (including phenoxy) is 1. The van der Waals surface area contributed by atoms with E-state index in [4.69, 9.17) is 4.74 Å². The fraction of sp³-hybridized carbons (Fsp3) is 0.529. The van der Waals surface area contributed by atoms with E-state index in [1.807, 2.05) is 19.1 Å². The van der Waals surface area contributed by atoms with Crippen LogP contribution in [0.15, 0.2) is 24.3 Å². The minimum absolute atomic E-state index is 0.0412. The minimum atomic E-state index is -0.169. The highest BCUT2D eigenvalue weighted by Crippen LogP contribution is 2.60. The van der Waals surface area contributed by atoms with Crippen LogP contribution in [0.5, 0.6) is 5.75 Å². The summed E-state index contributed by atoms with van der Waals surface area (Å²) in [6.07, 6.45) is 0.954. The number of benzene rings is 1. The number of fused-ring (bicyclic) bond motifs is 5. The van der Waals surface area contributed by atoms with Crippen LogP contribution >= 0.6 is 31.9 Å². The summed E-state index contributed by atoms with van der Waals surface area (Å²) in [4.78, 5) is 27.7. The van der Waals surface area contributed by atoms with Crippen LogP contribution in [-0.2, 0) is 9.59 Å². The average Bonchev–Trinajstić information content (AvgIpc) is 3.14. The van der Waals surface area contributed by atoms with Gasteiger partial charge in [-0.05, 0) is 49.4 Å². The van der Waals surface area contributed by atoms with Crippen LogP contribution < -0.4 is 9.64 Å². The number of amides is 2. The number of hydrogen-bond donors (Lipinski definition) is 0. The number of carbonyl (C=O) groups is 2. The molecule has 0 aromatic heterocycles. The molecule has 0 unspecified atom stereocenters. The highest BCUT2D eigenvalue weighted by molar-refractivity contribution is 9.12. The Morgan fingerprint density at radius 2 is 1.57 bits per heavy atom. The van der Waals surface area contributed by atoms with Gasteiger partial charge in [0.25, 0.3) is 0 Å². The van der Waals surface area contributed by atoms with E-state index in [-0.39, 0.29) is 45.1 Å². The normalized spacial score (nSPS) is 38.3. The Balaban J connectivity index is 1.64. The predicted molar refractivity (Wildman–Crippen MR) is 94.1 cm³/mol. The SMILES string of the molecule is CCOc1ccc(N2C(=O)[C@@H]3[C@H]4C[C@@H]([C@H](Br)[C@@H]4Br)[C@@H]3C2=O)cc1. The lowest BCUT2D eigenvalue weighted by atomic mass is 9.81. The Kier molecular flexibility index (Phi) is 3.80. The van der Waals surface area contributed by atoms with Crippen LogP contribution in [0.4, 0.5) is 5.69 Å². The molecule has 6 heteroatoms. The highest BCUT2D eigenvalue weighted by Gasteiger charge is 2.66. The first-order valence-electron chi connectivity index (χ1n) is 7.93. The number of rotatable bonds is 3. The number of carbonyl (C=O) groups excluding carboxylic acids is 2. The zero-order valence-electron chi connectivity index (χ0n) is 12.6. The molecule has 3 aliphatic rings. The number of nitrogens with zero attached hydrogens (tertiary/aromatic N) is 1. The fourth-order valence-electron chi connectivity index (χ4n) is 4.46. The second-order valence-corrected chi connectivity index (χ2v) is 8.56. The largest absolute Gasteiger partial charge is 0.494 e. The lowest BCUT2D eigenvalue weighted by Gasteiger charge is -2.28. The third kappa shape index (κ3) is 2.14. The quantitative estimate of drug-likeness (QED) is 0.532. The Bertz CT molecular complexity index is 630. The monoisotopic (exact) mass is 441 g/mol. The summed E-state index contributed by atoms with van der Waals surface area (Å²) in [5, 5.41) is 0. The maximum absolute atomic E-state index is 12.9. The molecule has 1 aromatic carbocycles. The molecule has 2 amide bonds. The molecule has 0 spiro atoms. The lowest BCUT2D eigenvalue weighted by Crippen LogP contribution is -2.37. The van der Waals surface area contributed by atoms with Crippen molar-refractivity contribution >= 4 is 49.4 Å². The van der Waals surface area contributed by atoms with E-state index in [9.17, 15) is 9.59 Å². The molecule has 2 saturated carbocycles. The number of imide groups is 1. The zero-order valence-corrected chi connectivity index (χ0v) is 15.8. The van der Waals surface area contributed by atoms with Gasteiger partial charge in [0.15, 0.2) is 0 Å². The second kappa shape index (κ2) is 5.59. The van der Waals surface area contributed by atoms with Crippen molar-refractivity contribution in [1.29, 1.82) is 0 Å². The van der Waals surface area contributed by atoms with Crippen molar-refractivity contribution in [3.05, 3.63) is 24.3 Å². The van der Waals surface area contributed by atoms with Crippen molar-refractivity contribution < 1.29 is 14.3 Å². The van der Waals surface area contributed by atoms with Crippen molar-refractivity contribution in [2.45, 2.75) is 23.0 Å². The van der Waals surface area contributed by atoms with Gasteiger partial charge in [0, 0.05) is 9.65 Å². The number of halogens is 2. The lowest BCUT2D eigenvalue weighted by molar-refractivity contribution is -0.123. The highest BCUT2D eigenvalue weighted by atomic mass is 79.9. The van der Waals surface area contributed by atoms with E-state index in [2.05, 4.69) is 31.9 Å². The molecule has 0 N–H and O–H groups in total. The van der Waals surface area contributed by atoms with Gasteiger partial charge in [-0.15, -0.1) is 0 Å². The Labute approximate surface area is 151 Å². The van der Waals surface area contributed by atoms with Crippen LogP contribution in [0.25, 0.3) is 0 Å². The topological polar surface area (TPSA) is 46.6 Å². The van der Waals surface area contributed by atoms with E-state index in [1.165, 1.54) is 4.90 Å². The van der Waals surface area contributed by atoms with Crippen LogP contribution in [0.1, 0.15) is 13.3 Å². The van der Waals surface area contributed by atoms with Crippen molar-refractivity contribution in [3.8, 4) is 5.75 Å². The molecule has 23 heavy (non-hydrogen) atoms. The van der Waals surface area contributed by atoms with E-state index in [0.29, 0.717) is 12.3 Å². The molecule has 4 nitrogen and oxygen atoms in total. The molecule has 2 aliphatic carbocycles. The van der Waals surface area contributed by atoms with Gasteiger partial charge < -0.3 is 4.74 Å². The summed E-state index contributed by atoms with van der Waals surface area (Å²) in [6.45, 7) is 2.51. The van der Waals surface area contributed by atoms with Crippen molar-refractivity contribution in [1.82, 2.24) is 0 Å². The first-order chi connectivity index (χ1) is 11.0. The van der Waals surface area contributed by atoms with E-state index >= 15 is 0 Å². The molecule has 2 bridgehead atoms. The number of alkyl halides is 2. The third-order valence-corrected chi connectivity index (χ3v) is 8.60. The van der Waals surface area contributed by atoms with E-state index < -0.39 is 0 Å². The first-order valence-corrected chi connectivity index (χ1v) is 9.76. The molecular weight excluding hydrogens is 426 g/mol. The van der Waals surface area contributed by atoms with Gasteiger partial charge in [0.05, 0.1) is 24.1 Å². The summed E-state index contributed by atoms with van der Waals surface area (Å²) in [6, 6.07) is 7.20. The maximum atomic E-state index is 12.9. The molecule has 4 rings (SSSR count). The van der Waals surface area contributed by atoms with Crippen LogP contribution in [0.3, 0.4) is 0 Å². The van der Waals surface area contributed by atoms with Gasteiger partial charge in [-0.1, -0.05) is 31.9 Å². The van der Waals surface area contributed by atoms with E-state index in [1.54, 1.807) is 12.1 Å². The smallest absolute Gasteiger partial charge is 0.238 e. The van der Waals surface area contributed by atoms with Crippen LogP contribution in [0.2, 0.25) is 0 Å². The summed E-state index contributed by atoms with van der Waals surface area (Å²) in [7, 11) is 0. The molecule has 1 heterocycles. The third-order valence-electron chi connectivity index (χ3n) is 5.39. The average molecular weight is 443 g/mol. The molecule has 6 atom stereocenters. The summed E-state index contributed by atoms with van der Waals surface area (Å²) in [5.74, 6) is 0.823. The molecular formula is C17H17Br2NO3. The van der Waals surface area contributed by atoms with Gasteiger partial charge in [0.2, 0.25) is 11.8 Å². The molecule has 1 saturated heterocycles. The maximum Gasteiger partial charge on any atom is 0.238 e. The number of anilines is 1. The van der Waals surface area contributed by atoms with Crippen LogP contribution in [-0.4, -0.2) is 28.1 Å². The summed E-state index contributed by atoms with van der Waals surface area (Å²) in [5.41, 5.74) is 0.648. The Morgan fingerprint density at radius 1 is 1.04 bits per heavy atom. The first kappa shape index (κ1) is 15.6. The van der Waals surface area contributed by atoms with Gasteiger partial charge >= 0.3 is 0 Å². The van der Waals surface area contributed by atoms with Crippen molar-refractivity contribution in [2.75, 3.05) is 11.5 Å². The standard InChI is InChI=1S/C17H17Br2NO3/c1-2-23-9-5-3-8(4-6-9)20-16(21)12-10-7-11(13(12)17(20)22)15(19)14(10)18/h3-6,10-15H,2,7H2,1H3/t10-,11-,12-,13+,14-,15+/m1/s1. The zero-order chi connectivity index (χ0) is 16.3. The summed E-state index contributed by atoms with van der Waals surface area (Å²) >= 11 is 7.40. The fourth-order valence-corrected chi connectivity index (χ4v) is 6.33. The predicted octanol–water partition coefficient (Wildman–Crippen LogP) is 3.37. The van der Waals surface area contributed by atoms with Gasteiger partial charge in [-0.25, -0.2) is 0 Å². The minimum Gasteiger partial charge on any atom is -0.494 e.